The highest BCUT2D eigenvalue weighted by Crippen LogP contribution is 2.20. The quantitative estimate of drug-likeness (QED) is 0.769. The van der Waals surface area contributed by atoms with E-state index in [0.717, 1.165) is 25.1 Å². The zero-order valence-electron chi connectivity index (χ0n) is 10.7. The third kappa shape index (κ3) is 3.39. The van der Waals surface area contributed by atoms with Gasteiger partial charge in [0.05, 0.1) is 5.69 Å². The summed E-state index contributed by atoms with van der Waals surface area (Å²) in [4.78, 5) is 0. The van der Waals surface area contributed by atoms with Gasteiger partial charge in [-0.1, -0.05) is 6.92 Å². The van der Waals surface area contributed by atoms with Crippen molar-refractivity contribution in [2.75, 3.05) is 6.54 Å². The van der Waals surface area contributed by atoms with E-state index >= 15 is 0 Å². The average molecular weight is 219 g/mol. The Labute approximate surface area is 98.2 Å². The van der Waals surface area contributed by atoms with E-state index in [1.165, 1.54) is 5.56 Å². The van der Waals surface area contributed by atoms with Crippen LogP contribution in [0.1, 0.15) is 44.0 Å². The highest BCUT2D eigenvalue weighted by Gasteiger charge is 2.14. The third-order valence-electron chi connectivity index (χ3n) is 2.61. The Kier molecular flexibility index (Phi) is 5.07. The maximum absolute atomic E-state index is 4.38. The van der Waals surface area contributed by atoms with E-state index in [-0.39, 0.29) is 0 Å². The second-order valence-corrected chi connectivity index (χ2v) is 3.92. The highest BCUT2D eigenvalue weighted by atomic mass is 15.3. The van der Waals surface area contributed by atoms with Crippen LogP contribution in [0.5, 0.6) is 0 Å². The van der Waals surface area contributed by atoms with E-state index in [0.29, 0.717) is 6.04 Å². The Balaban J connectivity index is 2.74. The molecule has 1 aromatic heterocycles. The Morgan fingerprint density at radius 3 is 2.81 bits per heavy atom. The van der Waals surface area contributed by atoms with Gasteiger partial charge in [0.2, 0.25) is 0 Å². The lowest BCUT2D eigenvalue weighted by molar-refractivity contribution is 0.520. The van der Waals surface area contributed by atoms with Crippen molar-refractivity contribution >= 4 is 0 Å². The van der Waals surface area contributed by atoms with Crippen molar-refractivity contribution in [3.05, 3.63) is 17.5 Å². The van der Waals surface area contributed by atoms with Crippen LogP contribution in [0, 0.1) is 18.8 Å². The minimum absolute atomic E-state index is 0.375. The standard InChI is InChI=1S/C13H21N3/c1-5-7-8-9-13(14-6-2)12-10-16(4)15-11(12)3/h10,13-14H,6,8-9H2,1-4H3. The summed E-state index contributed by atoms with van der Waals surface area (Å²) in [6.45, 7) is 7.05. The van der Waals surface area contributed by atoms with Gasteiger partial charge >= 0.3 is 0 Å². The summed E-state index contributed by atoms with van der Waals surface area (Å²) in [5.74, 6) is 6.05. The molecular weight excluding hydrogens is 198 g/mol. The van der Waals surface area contributed by atoms with E-state index in [9.17, 15) is 0 Å². The molecule has 1 unspecified atom stereocenters. The Hall–Kier alpha value is -1.27. The van der Waals surface area contributed by atoms with Crippen molar-refractivity contribution in [3.63, 3.8) is 0 Å². The molecule has 3 nitrogen and oxygen atoms in total. The minimum atomic E-state index is 0.375. The molecule has 0 amide bonds. The first-order chi connectivity index (χ1) is 7.69. The van der Waals surface area contributed by atoms with Gasteiger partial charge in [-0.2, -0.15) is 5.10 Å². The van der Waals surface area contributed by atoms with Crippen LogP contribution in [-0.4, -0.2) is 16.3 Å². The molecular formula is C13H21N3. The molecule has 1 aromatic rings. The molecule has 1 atom stereocenters. The summed E-state index contributed by atoms with van der Waals surface area (Å²) in [6.07, 6.45) is 4.08. The molecule has 0 saturated carbocycles. The molecule has 0 bridgehead atoms. The summed E-state index contributed by atoms with van der Waals surface area (Å²) < 4.78 is 1.88. The number of hydrogen-bond donors (Lipinski definition) is 1. The van der Waals surface area contributed by atoms with Crippen LogP contribution in [0.3, 0.4) is 0 Å². The highest BCUT2D eigenvalue weighted by molar-refractivity contribution is 5.20. The van der Waals surface area contributed by atoms with Crippen LogP contribution >= 0.6 is 0 Å². The minimum Gasteiger partial charge on any atom is -0.310 e. The largest absolute Gasteiger partial charge is 0.310 e. The molecule has 88 valence electrons. The fourth-order valence-corrected chi connectivity index (χ4v) is 1.92. The lowest BCUT2D eigenvalue weighted by Crippen LogP contribution is -2.21. The molecule has 1 rings (SSSR count). The van der Waals surface area contributed by atoms with Gasteiger partial charge in [-0.25, -0.2) is 0 Å². The lowest BCUT2D eigenvalue weighted by Gasteiger charge is -2.15. The first-order valence-corrected chi connectivity index (χ1v) is 5.82. The van der Waals surface area contributed by atoms with E-state index in [1.807, 2.05) is 18.7 Å². The van der Waals surface area contributed by atoms with Crippen LogP contribution in [0.15, 0.2) is 6.20 Å². The second-order valence-electron chi connectivity index (χ2n) is 3.92. The summed E-state index contributed by atoms with van der Waals surface area (Å²) in [5.41, 5.74) is 2.40. The monoisotopic (exact) mass is 219 g/mol. The smallest absolute Gasteiger partial charge is 0.0641 e. The molecule has 0 aromatic carbocycles. The normalized spacial score (nSPS) is 12.0. The molecule has 3 heteroatoms. The van der Waals surface area contributed by atoms with Crippen molar-refractivity contribution in [2.45, 2.75) is 39.7 Å². The van der Waals surface area contributed by atoms with Crippen molar-refractivity contribution in [1.82, 2.24) is 15.1 Å². The SMILES string of the molecule is CC#CCCC(NCC)c1cn(C)nc1C. The number of nitrogens with zero attached hydrogens (tertiary/aromatic N) is 2. The van der Waals surface area contributed by atoms with Crippen LogP contribution in [-0.2, 0) is 7.05 Å². The fourth-order valence-electron chi connectivity index (χ4n) is 1.92. The van der Waals surface area contributed by atoms with E-state index < -0.39 is 0 Å². The first kappa shape index (κ1) is 12.8. The molecule has 0 aliphatic rings. The maximum Gasteiger partial charge on any atom is 0.0641 e. The molecule has 1 N–H and O–H groups in total. The number of aromatic nitrogens is 2. The van der Waals surface area contributed by atoms with Crippen LogP contribution in [0.2, 0.25) is 0 Å². The summed E-state index contributed by atoms with van der Waals surface area (Å²) in [7, 11) is 1.96. The maximum atomic E-state index is 4.38. The molecule has 0 fully saturated rings. The molecule has 0 spiro atoms. The van der Waals surface area contributed by atoms with E-state index in [2.05, 4.69) is 42.3 Å². The van der Waals surface area contributed by atoms with Crippen LogP contribution in [0.4, 0.5) is 0 Å². The second kappa shape index (κ2) is 6.34. The van der Waals surface area contributed by atoms with Crippen molar-refractivity contribution in [3.8, 4) is 11.8 Å². The van der Waals surface area contributed by atoms with Gasteiger partial charge in [0.15, 0.2) is 0 Å². The van der Waals surface area contributed by atoms with Gasteiger partial charge in [-0.05, 0) is 26.8 Å². The predicted molar refractivity (Wildman–Crippen MR) is 67.0 cm³/mol. The molecule has 0 radical (unpaired) electrons. The lowest BCUT2D eigenvalue weighted by atomic mass is 10.0. The summed E-state index contributed by atoms with van der Waals surface area (Å²) in [6, 6.07) is 0.375. The van der Waals surface area contributed by atoms with Gasteiger partial charge in [0.25, 0.3) is 0 Å². The molecule has 16 heavy (non-hydrogen) atoms. The molecule has 0 aliphatic heterocycles. The van der Waals surface area contributed by atoms with Crippen LogP contribution in [0.25, 0.3) is 0 Å². The van der Waals surface area contributed by atoms with E-state index in [4.69, 9.17) is 0 Å². The molecule has 1 heterocycles. The van der Waals surface area contributed by atoms with Crippen LogP contribution < -0.4 is 5.32 Å². The first-order valence-electron chi connectivity index (χ1n) is 5.82. The third-order valence-corrected chi connectivity index (χ3v) is 2.61. The van der Waals surface area contributed by atoms with Crippen molar-refractivity contribution in [1.29, 1.82) is 0 Å². The average Bonchev–Trinajstić information content (AvgIpc) is 2.57. The van der Waals surface area contributed by atoms with Gasteiger partial charge < -0.3 is 5.32 Å². The summed E-state index contributed by atoms with van der Waals surface area (Å²) in [5, 5.41) is 7.87. The predicted octanol–water partition coefficient (Wildman–Crippen LogP) is 2.18. The van der Waals surface area contributed by atoms with Crippen molar-refractivity contribution in [2.24, 2.45) is 7.05 Å². The number of rotatable bonds is 5. The van der Waals surface area contributed by atoms with E-state index in [1.54, 1.807) is 0 Å². The fraction of sp³-hybridized carbons (Fsp3) is 0.615. The number of aryl methyl sites for hydroxylation is 2. The van der Waals surface area contributed by atoms with Gasteiger partial charge in [-0.15, -0.1) is 11.8 Å². The van der Waals surface area contributed by atoms with Gasteiger partial charge in [0, 0.05) is 31.3 Å². The zero-order valence-corrected chi connectivity index (χ0v) is 10.7. The summed E-state index contributed by atoms with van der Waals surface area (Å²) >= 11 is 0. The molecule has 0 saturated heterocycles. The number of hydrogen-bond acceptors (Lipinski definition) is 2. The Morgan fingerprint density at radius 1 is 1.56 bits per heavy atom. The Bertz CT molecular complexity index is 382. The topological polar surface area (TPSA) is 29.9 Å². The molecule has 0 aliphatic carbocycles. The van der Waals surface area contributed by atoms with Gasteiger partial charge in [-0.3, -0.25) is 4.68 Å². The number of nitrogens with one attached hydrogen (secondary N) is 1. The van der Waals surface area contributed by atoms with Gasteiger partial charge in [0.1, 0.15) is 0 Å². The van der Waals surface area contributed by atoms with Crippen molar-refractivity contribution < 1.29 is 0 Å². The Morgan fingerprint density at radius 2 is 2.31 bits per heavy atom. The zero-order chi connectivity index (χ0) is 12.0.